The number of amides is 1. The molecule has 0 bridgehead atoms. The Hall–Kier alpha value is -3.84. The van der Waals surface area contributed by atoms with E-state index in [4.69, 9.17) is 4.42 Å². The van der Waals surface area contributed by atoms with Crippen LogP contribution >= 0.6 is 0 Å². The van der Waals surface area contributed by atoms with Crippen LogP contribution in [0.5, 0.6) is 0 Å². The van der Waals surface area contributed by atoms with Crippen molar-refractivity contribution in [2.24, 2.45) is 0 Å². The van der Waals surface area contributed by atoms with Gasteiger partial charge in [-0.1, -0.05) is 42.0 Å². The van der Waals surface area contributed by atoms with Crippen LogP contribution < -0.4 is 5.32 Å². The van der Waals surface area contributed by atoms with E-state index in [0.29, 0.717) is 32.1 Å². The lowest BCUT2D eigenvalue weighted by atomic mass is 10.0. The Morgan fingerprint density at radius 2 is 1.85 bits per heavy atom. The molecule has 0 radical (unpaired) electrons. The number of oxazole rings is 1. The van der Waals surface area contributed by atoms with Gasteiger partial charge in [-0.25, -0.2) is 9.37 Å². The second-order valence-corrected chi connectivity index (χ2v) is 8.37. The molecule has 0 saturated heterocycles. The average molecular weight is 459 g/mol. The van der Waals surface area contributed by atoms with Crippen molar-refractivity contribution in [2.75, 3.05) is 0 Å². The van der Waals surface area contributed by atoms with Crippen molar-refractivity contribution >= 4 is 5.91 Å². The average Bonchev–Trinajstić information content (AvgIpc) is 3.30. The number of nitrogens with one attached hydrogen (secondary N) is 1. The second-order valence-electron chi connectivity index (χ2n) is 8.37. The minimum absolute atomic E-state index is 0.229. The number of nitrogens with zero attached hydrogens (tertiary/aromatic N) is 3. The summed E-state index contributed by atoms with van der Waals surface area (Å²) in [4.78, 5) is 23.1. The number of benzene rings is 2. The number of aryl methyl sites for hydroxylation is 2. The summed E-state index contributed by atoms with van der Waals surface area (Å²) in [6.07, 6.45) is 4.76. The van der Waals surface area contributed by atoms with E-state index < -0.39 is 0 Å². The maximum atomic E-state index is 13.4. The van der Waals surface area contributed by atoms with Crippen LogP contribution in [0.4, 0.5) is 4.39 Å². The van der Waals surface area contributed by atoms with Gasteiger partial charge in [0.2, 0.25) is 5.89 Å². The van der Waals surface area contributed by atoms with Crippen molar-refractivity contribution < 1.29 is 13.6 Å². The van der Waals surface area contributed by atoms with Gasteiger partial charge in [0.25, 0.3) is 5.91 Å². The van der Waals surface area contributed by atoms with E-state index in [2.05, 4.69) is 52.2 Å². The molecule has 6 nitrogen and oxygen atoms in total. The molecule has 0 saturated carbocycles. The van der Waals surface area contributed by atoms with Crippen molar-refractivity contribution in [3.8, 4) is 0 Å². The largest absolute Gasteiger partial charge is 0.447 e. The van der Waals surface area contributed by atoms with Crippen molar-refractivity contribution in [2.45, 2.75) is 40.0 Å². The lowest BCUT2D eigenvalue weighted by Gasteiger charge is -2.22. The molecule has 7 heteroatoms. The van der Waals surface area contributed by atoms with Gasteiger partial charge in [0, 0.05) is 32.0 Å². The zero-order valence-electron chi connectivity index (χ0n) is 19.3. The molecule has 174 valence electrons. The number of carbonyl (C=O) groups is 1. The summed E-state index contributed by atoms with van der Waals surface area (Å²) < 4.78 is 19.0. The van der Waals surface area contributed by atoms with Gasteiger partial charge in [0.05, 0.1) is 6.54 Å². The van der Waals surface area contributed by atoms with E-state index >= 15 is 0 Å². The zero-order valence-corrected chi connectivity index (χ0v) is 19.3. The van der Waals surface area contributed by atoms with Crippen LogP contribution in [0.1, 0.15) is 44.2 Å². The predicted molar refractivity (Wildman–Crippen MR) is 127 cm³/mol. The number of pyridine rings is 1. The van der Waals surface area contributed by atoms with Crippen LogP contribution in [-0.4, -0.2) is 20.8 Å². The van der Waals surface area contributed by atoms with E-state index in [-0.39, 0.29) is 17.4 Å². The van der Waals surface area contributed by atoms with Gasteiger partial charge in [-0.15, -0.1) is 0 Å². The molecule has 34 heavy (non-hydrogen) atoms. The SMILES string of the molecule is Cc1ccc(CN(Cc2ccc(F)cc2)Cc2nc(C(=O)NCc3cccnc3)co2)c(C)c1. The summed E-state index contributed by atoms with van der Waals surface area (Å²) in [5.41, 5.74) is 5.71. The van der Waals surface area contributed by atoms with E-state index in [0.717, 1.165) is 11.1 Å². The summed E-state index contributed by atoms with van der Waals surface area (Å²) in [7, 11) is 0. The summed E-state index contributed by atoms with van der Waals surface area (Å²) in [6.45, 7) is 6.17. The Balaban J connectivity index is 1.46. The second kappa shape index (κ2) is 10.9. The highest BCUT2D eigenvalue weighted by Crippen LogP contribution is 2.18. The smallest absolute Gasteiger partial charge is 0.273 e. The van der Waals surface area contributed by atoms with E-state index in [9.17, 15) is 9.18 Å². The predicted octanol–water partition coefficient (Wildman–Crippen LogP) is 4.96. The molecule has 1 N–H and O–H groups in total. The van der Waals surface area contributed by atoms with Crippen LogP contribution in [0.15, 0.2) is 77.7 Å². The van der Waals surface area contributed by atoms with Crippen LogP contribution in [0.25, 0.3) is 0 Å². The molecule has 0 atom stereocenters. The quantitative estimate of drug-likeness (QED) is 0.384. The lowest BCUT2D eigenvalue weighted by molar-refractivity contribution is 0.0945. The van der Waals surface area contributed by atoms with Crippen molar-refractivity contribution in [1.29, 1.82) is 0 Å². The summed E-state index contributed by atoms with van der Waals surface area (Å²) in [5.74, 6) is -0.129. The van der Waals surface area contributed by atoms with Crippen molar-refractivity contribution in [3.05, 3.63) is 118 Å². The fraction of sp³-hybridized carbons (Fsp3) is 0.222. The number of hydrogen-bond acceptors (Lipinski definition) is 5. The molecule has 0 aliphatic heterocycles. The van der Waals surface area contributed by atoms with E-state index in [1.54, 1.807) is 24.5 Å². The van der Waals surface area contributed by atoms with Crippen LogP contribution in [0.2, 0.25) is 0 Å². The Bertz CT molecular complexity index is 1240. The number of hydrogen-bond donors (Lipinski definition) is 1. The van der Waals surface area contributed by atoms with Crippen LogP contribution in [0, 0.1) is 19.7 Å². The molecule has 0 spiro atoms. The number of aromatic nitrogens is 2. The van der Waals surface area contributed by atoms with Crippen molar-refractivity contribution in [3.63, 3.8) is 0 Å². The van der Waals surface area contributed by atoms with Crippen molar-refractivity contribution in [1.82, 2.24) is 20.2 Å². The lowest BCUT2D eigenvalue weighted by Crippen LogP contribution is -2.24. The molecule has 0 fully saturated rings. The third-order valence-electron chi connectivity index (χ3n) is 5.53. The highest BCUT2D eigenvalue weighted by Gasteiger charge is 2.16. The molecule has 1 amide bonds. The van der Waals surface area contributed by atoms with E-state index in [1.807, 2.05) is 12.1 Å². The van der Waals surface area contributed by atoms with Gasteiger partial charge in [0.15, 0.2) is 5.69 Å². The maximum absolute atomic E-state index is 13.4. The highest BCUT2D eigenvalue weighted by atomic mass is 19.1. The molecular formula is C27H27FN4O2. The first-order chi connectivity index (χ1) is 16.5. The third-order valence-corrected chi connectivity index (χ3v) is 5.53. The topological polar surface area (TPSA) is 71.3 Å². The summed E-state index contributed by atoms with van der Waals surface area (Å²) in [5, 5.41) is 2.83. The van der Waals surface area contributed by atoms with Gasteiger partial charge in [-0.3, -0.25) is 14.7 Å². The third kappa shape index (κ3) is 6.36. The van der Waals surface area contributed by atoms with Gasteiger partial charge >= 0.3 is 0 Å². The molecule has 0 aliphatic carbocycles. The monoisotopic (exact) mass is 458 g/mol. The van der Waals surface area contributed by atoms with Crippen LogP contribution in [-0.2, 0) is 26.2 Å². The fourth-order valence-electron chi connectivity index (χ4n) is 3.73. The first kappa shape index (κ1) is 23.3. The highest BCUT2D eigenvalue weighted by molar-refractivity contribution is 5.91. The first-order valence-corrected chi connectivity index (χ1v) is 11.1. The molecule has 4 rings (SSSR count). The van der Waals surface area contributed by atoms with E-state index in [1.165, 1.54) is 35.1 Å². The molecule has 4 aromatic rings. The fourth-order valence-corrected chi connectivity index (χ4v) is 3.73. The van der Waals surface area contributed by atoms with Gasteiger partial charge in [0.1, 0.15) is 12.1 Å². The Morgan fingerprint density at radius 3 is 2.59 bits per heavy atom. The zero-order chi connectivity index (χ0) is 23.9. The number of halogens is 1. The number of rotatable bonds is 9. The summed E-state index contributed by atoms with van der Waals surface area (Å²) >= 11 is 0. The molecule has 0 aliphatic rings. The Kier molecular flexibility index (Phi) is 7.44. The van der Waals surface area contributed by atoms with Gasteiger partial charge in [-0.2, -0.15) is 0 Å². The van der Waals surface area contributed by atoms with Gasteiger partial charge in [-0.05, 0) is 54.3 Å². The van der Waals surface area contributed by atoms with Gasteiger partial charge < -0.3 is 9.73 Å². The molecule has 2 aromatic carbocycles. The normalized spacial score (nSPS) is 11.1. The minimum atomic E-state index is -0.307. The summed E-state index contributed by atoms with van der Waals surface area (Å²) in [6, 6.07) is 16.5. The Labute approximate surface area is 198 Å². The number of carbonyl (C=O) groups excluding carboxylic acids is 1. The molecule has 0 unspecified atom stereocenters. The first-order valence-electron chi connectivity index (χ1n) is 11.1. The standard InChI is InChI=1S/C27H27FN4O2/c1-19-5-8-23(20(2)12-19)16-32(15-21-6-9-24(28)10-7-21)17-26-31-25(18-34-26)27(33)30-14-22-4-3-11-29-13-22/h3-13,18H,14-17H2,1-2H3,(H,30,33). The van der Waals surface area contributed by atoms with Crippen LogP contribution in [0.3, 0.4) is 0 Å². The molecular weight excluding hydrogens is 431 g/mol. The molecule has 2 aromatic heterocycles. The molecule has 2 heterocycles. The Morgan fingerprint density at radius 1 is 1.03 bits per heavy atom. The maximum Gasteiger partial charge on any atom is 0.273 e. The minimum Gasteiger partial charge on any atom is -0.447 e.